The molecule has 178 valence electrons. The number of ether oxygens (including phenoxy) is 2. The topological polar surface area (TPSA) is 94.7 Å². The monoisotopic (exact) mass is 496 g/mol. The van der Waals surface area contributed by atoms with Crippen LogP contribution in [0.15, 0.2) is 66.7 Å². The van der Waals surface area contributed by atoms with E-state index >= 15 is 0 Å². The van der Waals surface area contributed by atoms with Crippen molar-refractivity contribution in [1.29, 1.82) is 0 Å². The molecule has 4 rings (SSSR count). The van der Waals surface area contributed by atoms with E-state index in [0.717, 1.165) is 16.7 Å². The number of nitrogens with two attached hydrogens (primary N) is 1. The van der Waals surface area contributed by atoms with Crippen LogP contribution in [-0.4, -0.2) is 16.1 Å². The average Bonchev–Trinajstić information content (AvgIpc) is 2.85. The molecule has 0 saturated carbocycles. The molecule has 0 aliphatic carbocycles. The highest BCUT2D eigenvalue weighted by atomic mass is 35.5. The number of benzene rings is 3. The summed E-state index contributed by atoms with van der Waals surface area (Å²) in [6.07, 6.45) is 0. The lowest BCUT2D eigenvalue weighted by Crippen LogP contribution is -2.05. The number of carboxylic acid groups (broad SMARTS) is 1. The normalized spacial score (nSPS) is 10.8. The van der Waals surface area contributed by atoms with E-state index in [2.05, 4.69) is 4.98 Å². The summed E-state index contributed by atoms with van der Waals surface area (Å²) in [4.78, 5) is 15.3. The number of hydrogen-bond acceptors (Lipinski definition) is 5. The van der Waals surface area contributed by atoms with Crippen LogP contribution < -0.4 is 15.2 Å². The number of carbonyl (C=O) groups is 1. The van der Waals surface area contributed by atoms with Gasteiger partial charge in [0.1, 0.15) is 17.1 Å². The van der Waals surface area contributed by atoms with Gasteiger partial charge in [-0.2, -0.15) is 4.98 Å². The number of pyridine rings is 1. The molecular weight excluding hydrogens is 478 g/mol. The second kappa shape index (κ2) is 10.1. The zero-order valence-corrected chi connectivity index (χ0v) is 19.1. The van der Waals surface area contributed by atoms with Gasteiger partial charge >= 0.3 is 5.97 Å². The van der Waals surface area contributed by atoms with Gasteiger partial charge in [-0.15, -0.1) is 0 Å². The molecule has 0 aliphatic rings. The Morgan fingerprint density at radius 1 is 0.971 bits per heavy atom. The first kappa shape index (κ1) is 24.1. The molecule has 0 fully saturated rings. The summed E-state index contributed by atoms with van der Waals surface area (Å²) >= 11 is 5.93. The third-order valence-electron chi connectivity index (χ3n) is 5.16. The number of aromatic nitrogens is 1. The molecule has 0 atom stereocenters. The minimum absolute atomic E-state index is 0.163. The van der Waals surface area contributed by atoms with Crippen molar-refractivity contribution in [2.45, 2.75) is 13.5 Å². The van der Waals surface area contributed by atoms with Gasteiger partial charge in [-0.25, -0.2) is 13.6 Å². The fourth-order valence-corrected chi connectivity index (χ4v) is 3.49. The molecule has 0 radical (unpaired) electrons. The Bertz CT molecular complexity index is 1430. The standard InChI is InChI=1S/C26H19ClF2N2O4/c1-14-22(28)24(31-25(23(14)29)35-21-12-18(27)8-9-20(21)26(32)33)34-19-7-3-6-17(11-19)16-5-2-4-15(10-16)13-30/h2-12H,13,30H2,1H3,(H,32,33). The van der Waals surface area contributed by atoms with Gasteiger partial charge in [-0.05, 0) is 53.9 Å². The highest BCUT2D eigenvalue weighted by Crippen LogP contribution is 2.35. The molecule has 4 aromatic rings. The maximum absolute atomic E-state index is 14.8. The Morgan fingerprint density at radius 3 is 2.31 bits per heavy atom. The van der Waals surface area contributed by atoms with E-state index in [-0.39, 0.29) is 22.1 Å². The first-order valence-corrected chi connectivity index (χ1v) is 10.8. The summed E-state index contributed by atoms with van der Waals surface area (Å²) in [6, 6.07) is 18.2. The Balaban J connectivity index is 1.70. The minimum atomic E-state index is -1.32. The SMILES string of the molecule is Cc1c(F)c(Oc2cccc(-c3cccc(CN)c3)c2)nc(Oc2cc(Cl)ccc2C(=O)O)c1F. The Labute approximate surface area is 204 Å². The summed E-state index contributed by atoms with van der Waals surface area (Å²) in [5.74, 6) is -4.63. The van der Waals surface area contributed by atoms with E-state index in [1.165, 1.54) is 25.1 Å². The second-order valence-corrected chi connectivity index (χ2v) is 7.99. The van der Waals surface area contributed by atoms with Crippen LogP contribution in [0.25, 0.3) is 11.1 Å². The van der Waals surface area contributed by atoms with Crippen LogP contribution in [0.1, 0.15) is 21.5 Å². The van der Waals surface area contributed by atoms with Crippen molar-refractivity contribution in [3.63, 3.8) is 0 Å². The number of hydrogen-bond donors (Lipinski definition) is 2. The lowest BCUT2D eigenvalue weighted by molar-refractivity contribution is 0.0694. The molecule has 1 aromatic heterocycles. The van der Waals surface area contributed by atoms with Crippen LogP contribution in [0.4, 0.5) is 8.78 Å². The quantitative estimate of drug-likeness (QED) is 0.294. The highest BCUT2D eigenvalue weighted by Gasteiger charge is 2.23. The number of rotatable bonds is 7. The number of halogens is 3. The van der Waals surface area contributed by atoms with Crippen LogP contribution in [0, 0.1) is 18.6 Å². The highest BCUT2D eigenvalue weighted by molar-refractivity contribution is 6.30. The fourth-order valence-electron chi connectivity index (χ4n) is 3.33. The second-order valence-electron chi connectivity index (χ2n) is 7.56. The van der Waals surface area contributed by atoms with Gasteiger partial charge in [0.2, 0.25) is 0 Å². The van der Waals surface area contributed by atoms with Crippen molar-refractivity contribution in [2.24, 2.45) is 5.73 Å². The summed E-state index contributed by atoms with van der Waals surface area (Å²) < 4.78 is 40.7. The van der Waals surface area contributed by atoms with Gasteiger partial charge in [-0.1, -0.05) is 41.9 Å². The zero-order chi connectivity index (χ0) is 25.1. The van der Waals surface area contributed by atoms with Crippen LogP contribution in [-0.2, 0) is 6.54 Å². The molecular formula is C26H19ClF2N2O4. The molecule has 0 spiro atoms. The molecule has 9 heteroatoms. The maximum atomic E-state index is 14.8. The summed E-state index contributed by atoms with van der Waals surface area (Å²) in [5.41, 5.74) is 7.66. The number of nitrogens with zero attached hydrogens (tertiary/aromatic N) is 1. The van der Waals surface area contributed by atoms with Crippen molar-refractivity contribution in [3.8, 4) is 34.4 Å². The molecule has 0 bridgehead atoms. The largest absolute Gasteiger partial charge is 0.478 e. The lowest BCUT2D eigenvalue weighted by Gasteiger charge is -2.14. The number of carboxylic acids is 1. The summed E-state index contributed by atoms with van der Waals surface area (Å²) in [7, 11) is 0. The van der Waals surface area contributed by atoms with E-state index in [1.54, 1.807) is 18.2 Å². The Kier molecular flexibility index (Phi) is 6.95. The predicted octanol–water partition coefficient (Wildman–Crippen LogP) is 6.73. The van der Waals surface area contributed by atoms with Gasteiger partial charge < -0.3 is 20.3 Å². The summed E-state index contributed by atoms with van der Waals surface area (Å²) in [6.45, 7) is 1.57. The van der Waals surface area contributed by atoms with Crippen LogP contribution >= 0.6 is 11.6 Å². The van der Waals surface area contributed by atoms with Gasteiger partial charge in [-0.3, -0.25) is 0 Å². The van der Waals surface area contributed by atoms with Gasteiger partial charge in [0.25, 0.3) is 11.8 Å². The molecule has 3 aromatic carbocycles. The van der Waals surface area contributed by atoms with Crippen molar-refractivity contribution in [3.05, 3.63) is 100 Å². The van der Waals surface area contributed by atoms with E-state index < -0.39 is 34.9 Å². The predicted molar refractivity (Wildman–Crippen MR) is 127 cm³/mol. The van der Waals surface area contributed by atoms with E-state index in [1.807, 2.05) is 30.3 Å². The molecule has 0 aliphatic heterocycles. The molecule has 6 nitrogen and oxygen atoms in total. The van der Waals surface area contributed by atoms with Crippen molar-refractivity contribution < 1.29 is 28.2 Å². The number of aromatic carboxylic acids is 1. The molecule has 3 N–H and O–H groups in total. The zero-order valence-electron chi connectivity index (χ0n) is 18.4. The maximum Gasteiger partial charge on any atom is 0.339 e. The van der Waals surface area contributed by atoms with E-state index in [4.69, 9.17) is 26.8 Å². The molecule has 35 heavy (non-hydrogen) atoms. The van der Waals surface area contributed by atoms with Crippen LogP contribution in [0.2, 0.25) is 5.02 Å². The summed E-state index contributed by atoms with van der Waals surface area (Å²) in [5, 5.41) is 9.54. The van der Waals surface area contributed by atoms with Crippen molar-refractivity contribution in [1.82, 2.24) is 4.98 Å². The van der Waals surface area contributed by atoms with Gasteiger partial charge in [0, 0.05) is 23.2 Å². The van der Waals surface area contributed by atoms with Crippen LogP contribution in [0.5, 0.6) is 23.3 Å². The molecule has 0 saturated heterocycles. The van der Waals surface area contributed by atoms with Crippen LogP contribution in [0.3, 0.4) is 0 Å². The first-order chi connectivity index (χ1) is 16.8. The molecule has 0 amide bonds. The first-order valence-electron chi connectivity index (χ1n) is 10.4. The fraction of sp³-hybridized carbons (Fsp3) is 0.0769. The molecule has 1 heterocycles. The van der Waals surface area contributed by atoms with E-state index in [0.29, 0.717) is 6.54 Å². The van der Waals surface area contributed by atoms with Gasteiger partial charge in [0.15, 0.2) is 11.6 Å². The van der Waals surface area contributed by atoms with Crippen molar-refractivity contribution in [2.75, 3.05) is 0 Å². The third-order valence-corrected chi connectivity index (χ3v) is 5.40. The van der Waals surface area contributed by atoms with Crippen molar-refractivity contribution >= 4 is 17.6 Å². The lowest BCUT2D eigenvalue weighted by atomic mass is 10.0. The molecule has 0 unspecified atom stereocenters. The average molecular weight is 497 g/mol. The third kappa shape index (κ3) is 5.24. The Morgan fingerprint density at radius 2 is 1.63 bits per heavy atom. The Hall–Kier alpha value is -4.01. The minimum Gasteiger partial charge on any atom is -0.478 e. The smallest absolute Gasteiger partial charge is 0.339 e. The van der Waals surface area contributed by atoms with Gasteiger partial charge in [0.05, 0.1) is 0 Å². The van der Waals surface area contributed by atoms with E-state index in [9.17, 15) is 18.7 Å².